The molecule has 4 heterocycles. The van der Waals surface area contributed by atoms with Gasteiger partial charge in [0.15, 0.2) is 0 Å². The van der Waals surface area contributed by atoms with Gasteiger partial charge in [-0.25, -0.2) is 19.9 Å². The van der Waals surface area contributed by atoms with E-state index in [0.717, 1.165) is 108 Å². The van der Waals surface area contributed by atoms with Crippen LogP contribution in [0.4, 0.5) is 5.95 Å². The molecule has 0 aliphatic heterocycles. The molecule has 4 aromatic heterocycles. The first-order chi connectivity index (χ1) is 34.2. The van der Waals surface area contributed by atoms with E-state index >= 15 is 0 Å². The Morgan fingerprint density at radius 3 is 1.44 bits per heavy atom. The van der Waals surface area contributed by atoms with Crippen LogP contribution in [0.1, 0.15) is 77.0 Å². The summed E-state index contributed by atoms with van der Waals surface area (Å²) in [6.07, 6.45) is 20.9. The van der Waals surface area contributed by atoms with Crippen LogP contribution >= 0.6 is 34.8 Å². The third-order valence-electron chi connectivity index (χ3n) is 14.1. The van der Waals surface area contributed by atoms with Gasteiger partial charge < -0.3 is 31.7 Å². The van der Waals surface area contributed by atoms with Gasteiger partial charge in [-0.2, -0.15) is 16.8 Å². The number of fused-ring (bicyclic) bond motifs is 6. The normalized spacial score (nSPS) is 22.6. The van der Waals surface area contributed by atoms with E-state index in [4.69, 9.17) is 73.8 Å². The van der Waals surface area contributed by atoms with Crippen molar-refractivity contribution in [1.82, 2.24) is 29.1 Å². The number of halogens is 3. The molecule has 14 nitrogen and oxygen atoms in total. The SMILES string of the molecule is Clc1ncc(Cl)c(-c2cn(-c3ccccc3)c3ccccc23)n1.NC12CCCC(N)(CC1)C2.NC12CCCC(Nc3ncc(Cl)c(-c4cn(-c5ccccc5)c5ccccc45)n3)(CC1)C2.O=S=O.O=S=O. The molecule has 4 bridgehead atoms. The van der Waals surface area contributed by atoms with Crippen LogP contribution in [-0.2, 0) is 23.1 Å². The first-order valence-electron chi connectivity index (χ1n) is 23.2. The average molecular weight is 1050 g/mol. The summed E-state index contributed by atoms with van der Waals surface area (Å²) in [5.74, 6) is 0.632. The van der Waals surface area contributed by atoms with Crippen LogP contribution in [0.15, 0.2) is 134 Å². The zero-order valence-electron chi connectivity index (χ0n) is 38.7. The Bertz CT molecular complexity index is 3200. The zero-order chi connectivity index (χ0) is 50.2. The molecule has 4 fully saturated rings. The maximum Gasteiger partial charge on any atom is 0.335 e. The number of nitrogens with two attached hydrogens (primary N) is 3. The highest BCUT2D eigenvalue weighted by Gasteiger charge is 2.49. The number of aromatic nitrogens is 6. The first-order valence-corrected chi connectivity index (χ1v) is 25.7. The van der Waals surface area contributed by atoms with Crippen LogP contribution < -0.4 is 22.5 Å². The molecule has 4 aliphatic carbocycles. The van der Waals surface area contributed by atoms with E-state index in [1.165, 1.54) is 25.5 Å². The second kappa shape index (κ2) is 22.4. The summed E-state index contributed by atoms with van der Waals surface area (Å²) in [7, 11) is 0. The number of para-hydroxylation sites is 4. The Kier molecular flexibility index (Phi) is 16.3. The third-order valence-corrected chi connectivity index (χ3v) is 14.9. The molecule has 4 saturated carbocycles. The van der Waals surface area contributed by atoms with Crippen LogP contribution in [0.5, 0.6) is 0 Å². The molecule has 368 valence electrons. The maximum atomic E-state index is 8.29. The van der Waals surface area contributed by atoms with E-state index in [0.29, 0.717) is 21.7 Å². The number of rotatable bonds is 6. The molecule has 19 heteroatoms. The maximum absolute atomic E-state index is 8.29. The van der Waals surface area contributed by atoms with Crippen LogP contribution in [0.25, 0.3) is 55.7 Å². The lowest BCUT2D eigenvalue weighted by molar-refractivity contribution is 0.274. The molecular formula is C52H53Cl3N10O4S2. The standard InChI is InChI=1S/C26H26ClN5.C18H11Cl2N3.C8H16N2.2O2S/c27-21-15-29-24(31-26-12-6-11-25(28,17-26)13-14-26)30-23(21)20-16-32(18-7-2-1-3-8-18)22-10-5-4-9-19(20)22;19-15-10-21-18(20)22-17(15)14-11-23(12-6-2-1-3-7-12)16-9-5-4-8-13(14)16;9-7-2-1-3-8(10,6-7)5-4-7;2*1-3-2/h1-5,7-10,15-16H,6,11-14,17,28H2,(H,29,30,31);1-11H;1-6,9-10H2;;. The monoisotopic (exact) mass is 1050 g/mol. The van der Waals surface area contributed by atoms with Crippen molar-refractivity contribution in [3.63, 3.8) is 0 Å². The number of anilines is 1. The van der Waals surface area contributed by atoms with Gasteiger partial charge in [0.05, 0.1) is 44.9 Å². The van der Waals surface area contributed by atoms with Gasteiger partial charge in [0.2, 0.25) is 11.2 Å². The van der Waals surface area contributed by atoms with Gasteiger partial charge in [-0.05, 0) is 125 Å². The molecule has 4 unspecified atom stereocenters. The summed E-state index contributed by atoms with van der Waals surface area (Å²) in [4.78, 5) is 17.7. The largest absolute Gasteiger partial charge is 0.349 e. The van der Waals surface area contributed by atoms with E-state index in [-0.39, 0.29) is 27.4 Å². The minimum atomic E-state index is -0.750. The van der Waals surface area contributed by atoms with E-state index in [9.17, 15) is 0 Å². The molecule has 4 aromatic carbocycles. The van der Waals surface area contributed by atoms with E-state index in [1.54, 1.807) is 6.20 Å². The fourth-order valence-electron chi connectivity index (χ4n) is 11.0. The van der Waals surface area contributed by atoms with Crippen molar-refractivity contribution < 1.29 is 16.8 Å². The zero-order valence-corrected chi connectivity index (χ0v) is 42.6. The lowest BCUT2D eigenvalue weighted by Crippen LogP contribution is -2.47. The second-order valence-corrected chi connectivity index (χ2v) is 20.4. The average Bonchev–Trinajstić information content (AvgIpc) is 4.08. The lowest BCUT2D eigenvalue weighted by atomic mass is 9.79. The minimum Gasteiger partial charge on any atom is -0.349 e. The van der Waals surface area contributed by atoms with Crippen molar-refractivity contribution in [3.8, 4) is 33.9 Å². The summed E-state index contributed by atoms with van der Waals surface area (Å²) in [6, 6.07) is 37.0. The van der Waals surface area contributed by atoms with Crippen molar-refractivity contribution >= 4 is 85.7 Å². The highest BCUT2D eigenvalue weighted by Crippen LogP contribution is 2.48. The molecule has 8 aromatic rings. The van der Waals surface area contributed by atoms with Crippen LogP contribution in [-0.4, -0.2) is 68.1 Å². The Balaban J connectivity index is 0.000000150. The number of hydrogen-bond donors (Lipinski definition) is 4. The molecule has 0 radical (unpaired) electrons. The van der Waals surface area contributed by atoms with Crippen LogP contribution in [0.2, 0.25) is 15.3 Å². The number of benzene rings is 4. The number of nitrogens with zero attached hydrogens (tertiary/aromatic N) is 6. The summed E-state index contributed by atoms with van der Waals surface area (Å²) in [5, 5.41) is 7.05. The fourth-order valence-corrected chi connectivity index (χ4v) is 11.6. The van der Waals surface area contributed by atoms with Gasteiger partial charge in [-0.1, -0.05) is 96.0 Å². The van der Waals surface area contributed by atoms with Crippen molar-refractivity contribution in [3.05, 3.63) is 149 Å². The van der Waals surface area contributed by atoms with Crippen molar-refractivity contribution in [2.45, 2.75) is 99.2 Å². The van der Waals surface area contributed by atoms with Gasteiger partial charge in [0.1, 0.15) is 0 Å². The van der Waals surface area contributed by atoms with E-state index < -0.39 is 23.1 Å². The van der Waals surface area contributed by atoms with Crippen molar-refractivity contribution in [1.29, 1.82) is 0 Å². The molecule has 0 amide bonds. The lowest BCUT2D eigenvalue weighted by Gasteiger charge is -2.38. The molecule has 12 rings (SSSR count). The quantitative estimate of drug-likeness (QED) is 0.114. The molecular weight excluding hydrogens is 999 g/mol. The Morgan fingerprint density at radius 2 is 0.930 bits per heavy atom. The molecule has 0 spiro atoms. The topological polar surface area (TPSA) is 220 Å². The number of hydrogen-bond acceptors (Lipinski definition) is 12. The van der Waals surface area contributed by atoms with E-state index in [2.05, 4.69) is 96.3 Å². The Labute approximate surface area is 433 Å². The summed E-state index contributed by atoms with van der Waals surface area (Å²) in [5.41, 5.74) is 26.7. The van der Waals surface area contributed by atoms with Crippen molar-refractivity contribution in [2.24, 2.45) is 17.2 Å². The summed E-state index contributed by atoms with van der Waals surface area (Å²) >= 11 is 17.4. The van der Waals surface area contributed by atoms with Crippen LogP contribution in [0, 0.1) is 0 Å². The number of nitrogens with one attached hydrogen (secondary N) is 1. The fraction of sp³-hybridized carbons (Fsp3) is 0.308. The Morgan fingerprint density at radius 1 is 0.507 bits per heavy atom. The summed E-state index contributed by atoms with van der Waals surface area (Å²) in [6.45, 7) is 0. The molecule has 7 N–H and O–H groups in total. The van der Waals surface area contributed by atoms with E-state index in [1.807, 2.05) is 54.7 Å². The summed E-state index contributed by atoms with van der Waals surface area (Å²) < 4.78 is 37.5. The molecule has 0 saturated heterocycles. The van der Waals surface area contributed by atoms with Crippen molar-refractivity contribution in [2.75, 3.05) is 5.32 Å². The predicted octanol–water partition coefficient (Wildman–Crippen LogP) is 10.8. The van der Waals surface area contributed by atoms with Gasteiger partial charge in [0.25, 0.3) is 0 Å². The second-order valence-electron chi connectivity index (χ2n) is 18.9. The van der Waals surface area contributed by atoms with Gasteiger partial charge in [-0.15, -0.1) is 0 Å². The molecule has 4 aliphatic rings. The smallest absolute Gasteiger partial charge is 0.335 e. The highest BCUT2D eigenvalue weighted by molar-refractivity contribution is 7.52. The highest BCUT2D eigenvalue weighted by atomic mass is 35.5. The van der Waals surface area contributed by atoms with Gasteiger partial charge in [-0.3, -0.25) is 0 Å². The van der Waals surface area contributed by atoms with Gasteiger partial charge in [0, 0.05) is 67.8 Å². The van der Waals surface area contributed by atoms with Gasteiger partial charge >= 0.3 is 23.1 Å². The third kappa shape index (κ3) is 11.8. The minimum absolute atomic E-state index is 0.00383. The Hall–Kier alpha value is -5.69. The first kappa shape index (κ1) is 51.7. The predicted molar refractivity (Wildman–Crippen MR) is 284 cm³/mol. The molecule has 71 heavy (non-hydrogen) atoms. The molecule has 4 atom stereocenters. The van der Waals surface area contributed by atoms with Crippen LogP contribution in [0.3, 0.4) is 0 Å².